The molecule has 0 aliphatic carbocycles. The SMILES string of the molecule is Cc1cc(C(=O)Cc2cn3ccsc3n2)c(C)nn1. The zero-order valence-electron chi connectivity index (χ0n) is 10.6. The average molecular weight is 272 g/mol. The van der Waals surface area contributed by atoms with Crippen molar-refractivity contribution in [3.63, 3.8) is 0 Å². The van der Waals surface area contributed by atoms with Crippen LogP contribution in [0, 0.1) is 13.8 Å². The molecule has 0 aliphatic heterocycles. The molecule has 3 rings (SSSR count). The molecular formula is C13H12N4OS. The number of carbonyl (C=O) groups excluding carboxylic acids is 1. The van der Waals surface area contributed by atoms with Crippen LogP contribution in [0.15, 0.2) is 23.8 Å². The summed E-state index contributed by atoms with van der Waals surface area (Å²) < 4.78 is 1.93. The molecule has 3 aromatic heterocycles. The first-order valence-corrected chi connectivity index (χ1v) is 6.76. The Kier molecular flexibility index (Phi) is 2.87. The lowest BCUT2D eigenvalue weighted by atomic mass is 10.1. The lowest BCUT2D eigenvalue weighted by Crippen LogP contribution is -2.08. The molecule has 0 spiro atoms. The second-order valence-corrected chi connectivity index (χ2v) is 5.28. The minimum atomic E-state index is 0.0289. The number of imidazole rings is 1. The predicted octanol–water partition coefficient (Wildman–Crippen LogP) is 2.23. The molecule has 0 fully saturated rings. The number of carbonyl (C=O) groups is 1. The summed E-state index contributed by atoms with van der Waals surface area (Å²) in [4.78, 5) is 17.6. The van der Waals surface area contributed by atoms with Gasteiger partial charge in [-0.25, -0.2) is 4.98 Å². The van der Waals surface area contributed by atoms with Gasteiger partial charge in [-0.3, -0.25) is 9.20 Å². The van der Waals surface area contributed by atoms with Crippen LogP contribution in [0.25, 0.3) is 4.96 Å². The Morgan fingerprint density at radius 1 is 1.37 bits per heavy atom. The van der Waals surface area contributed by atoms with Crippen LogP contribution in [0.2, 0.25) is 0 Å². The third-order valence-corrected chi connectivity index (χ3v) is 3.66. The standard InChI is InChI=1S/C13H12N4OS/c1-8-5-11(9(2)16-15-8)12(18)6-10-7-17-3-4-19-13(17)14-10/h3-5,7H,6H2,1-2H3. The average Bonchev–Trinajstić information content (AvgIpc) is 2.92. The maximum atomic E-state index is 12.3. The van der Waals surface area contributed by atoms with Crippen molar-refractivity contribution in [2.45, 2.75) is 20.3 Å². The third-order valence-electron chi connectivity index (χ3n) is 2.89. The first-order chi connectivity index (χ1) is 9.13. The Balaban J connectivity index is 1.88. The van der Waals surface area contributed by atoms with Crippen molar-refractivity contribution < 1.29 is 4.79 Å². The van der Waals surface area contributed by atoms with Gasteiger partial charge < -0.3 is 0 Å². The van der Waals surface area contributed by atoms with Crippen LogP contribution in [0.3, 0.4) is 0 Å². The number of rotatable bonds is 3. The molecule has 0 bridgehead atoms. The molecule has 0 saturated carbocycles. The van der Waals surface area contributed by atoms with Gasteiger partial charge >= 0.3 is 0 Å². The Morgan fingerprint density at radius 3 is 3.00 bits per heavy atom. The molecule has 0 saturated heterocycles. The number of thiazole rings is 1. The van der Waals surface area contributed by atoms with Crippen LogP contribution in [-0.4, -0.2) is 25.4 Å². The number of aromatic nitrogens is 4. The quantitative estimate of drug-likeness (QED) is 0.686. The summed E-state index contributed by atoms with van der Waals surface area (Å²) in [6.07, 6.45) is 4.12. The van der Waals surface area contributed by atoms with E-state index in [2.05, 4.69) is 15.2 Å². The highest BCUT2D eigenvalue weighted by molar-refractivity contribution is 7.15. The number of Topliss-reactive ketones (excluding diaryl/α,β-unsaturated/α-hetero) is 1. The molecule has 5 nitrogen and oxygen atoms in total. The number of nitrogens with zero attached hydrogens (tertiary/aromatic N) is 4. The molecule has 0 radical (unpaired) electrons. The van der Waals surface area contributed by atoms with Gasteiger partial charge in [0, 0.05) is 23.3 Å². The minimum Gasteiger partial charge on any atom is -0.297 e. The van der Waals surface area contributed by atoms with E-state index in [1.165, 1.54) is 0 Å². The maximum absolute atomic E-state index is 12.3. The summed E-state index contributed by atoms with van der Waals surface area (Å²) in [6, 6.07) is 1.78. The highest BCUT2D eigenvalue weighted by atomic mass is 32.1. The van der Waals surface area contributed by atoms with Gasteiger partial charge in [0.1, 0.15) is 0 Å². The first-order valence-electron chi connectivity index (χ1n) is 5.88. The monoisotopic (exact) mass is 272 g/mol. The van der Waals surface area contributed by atoms with Gasteiger partial charge in [-0.2, -0.15) is 10.2 Å². The van der Waals surface area contributed by atoms with Crippen LogP contribution in [0.1, 0.15) is 27.4 Å². The van der Waals surface area contributed by atoms with Crippen LogP contribution in [0.4, 0.5) is 0 Å². The Bertz CT molecular complexity index is 730. The molecule has 0 N–H and O–H groups in total. The highest BCUT2D eigenvalue weighted by Gasteiger charge is 2.14. The van der Waals surface area contributed by atoms with Crippen molar-refractivity contribution in [1.29, 1.82) is 0 Å². The summed E-state index contributed by atoms with van der Waals surface area (Å²) in [5.41, 5.74) is 2.82. The molecule has 3 aromatic rings. The number of fused-ring (bicyclic) bond motifs is 1. The topological polar surface area (TPSA) is 60.2 Å². The molecule has 3 heterocycles. The van der Waals surface area contributed by atoms with Gasteiger partial charge in [0.2, 0.25) is 0 Å². The van der Waals surface area contributed by atoms with E-state index in [-0.39, 0.29) is 5.78 Å². The zero-order valence-corrected chi connectivity index (χ0v) is 11.4. The van der Waals surface area contributed by atoms with Crippen LogP contribution >= 0.6 is 11.3 Å². The molecule has 0 aromatic carbocycles. The van der Waals surface area contributed by atoms with Crippen molar-refractivity contribution in [2.75, 3.05) is 0 Å². The normalized spacial score (nSPS) is 11.1. The lowest BCUT2D eigenvalue weighted by Gasteiger charge is -2.02. The first kappa shape index (κ1) is 12.0. The largest absolute Gasteiger partial charge is 0.297 e. The fourth-order valence-corrected chi connectivity index (χ4v) is 2.67. The Morgan fingerprint density at radius 2 is 2.21 bits per heavy atom. The molecule has 6 heteroatoms. The lowest BCUT2D eigenvalue weighted by molar-refractivity contribution is 0.0990. The smallest absolute Gasteiger partial charge is 0.193 e. The molecule has 0 atom stereocenters. The van der Waals surface area contributed by atoms with E-state index in [4.69, 9.17) is 0 Å². The summed E-state index contributed by atoms with van der Waals surface area (Å²) >= 11 is 1.55. The fraction of sp³-hybridized carbons (Fsp3) is 0.231. The van der Waals surface area contributed by atoms with Gasteiger partial charge in [-0.15, -0.1) is 11.3 Å². The van der Waals surface area contributed by atoms with Crippen molar-refractivity contribution >= 4 is 22.1 Å². The number of hydrogen-bond acceptors (Lipinski definition) is 5. The van der Waals surface area contributed by atoms with Crippen molar-refractivity contribution in [3.8, 4) is 0 Å². The van der Waals surface area contributed by atoms with Crippen molar-refractivity contribution in [1.82, 2.24) is 19.6 Å². The summed E-state index contributed by atoms with van der Waals surface area (Å²) in [5, 5.41) is 9.88. The predicted molar refractivity (Wildman–Crippen MR) is 72.6 cm³/mol. The maximum Gasteiger partial charge on any atom is 0.193 e. The molecular weight excluding hydrogens is 260 g/mol. The summed E-state index contributed by atoms with van der Waals surface area (Å²) in [7, 11) is 0. The van der Waals surface area contributed by atoms with Crippen LogP contribution < -0.4 is 0 Å². The molecule has 0 unspecified atom stereocenters. The molecule has 0 amide bonds. The van der Waals surface area contributed by atoms with Gasteiger partial charge in [-0.05, 0) is 19.9 Å². The molecule has 96 valence electrons. The molecule has 0 aliphatic rings. The Hall–Kier alpha value is -2.08. The highest BCUT2D eigenvalue weighted by Crippen LogP contribution is 2.14. The van der Waals surface area contributed by atoms with E-state index in [1.54, 1.807) is 24.3 Å². The van der Waals surface area contributed by atoms with E-state index in [0.717, 1.165) is 16.3 Å². The van der Waals surface area contributed by atoms with Crippen molar-refractivity contribution in [2.24, 2.45) is 0 Å². The van der Waals surface area contributed by atoms with E-state index >= 15 is 0 Å². The third kappa shape index (κ3) is 2.26. The number of hydrogen-bond donors (Lipinski definition) is 0. The van der Waals surface area contributed by atoms with Gasteiger partial charge in [0.25, 0.3) is 0 Å². The van der Waals surface area contributed by atoms with Gasteiger partial charge in [-0.1, -0.05) is 0 Å². The summed E-state index contributed by atoms with van der Waals surface area (Å²) in [6.45, 7) is 3.63. The van der Waals surface area contributed by atoms with Crippen LogP contribution in [-0.2, 0) is 6.42 Å². The molecule has 19 heavy (non-hydrogen) atoms. The van der Waals surface area contributed by atoms with E-state index in [9.17, 15) is 4.79 Å². The zero-order chi connectivity index (χ0) is 13.4. The van der Waals surface area contributed by atoms with Gasteiger partial charge in [0.05, 0.1) is 23.5 Å². The fourth-order valence-electron chi connectivity index (χ4n) is 1.95. The summed E-state index contributed by atoms with van der Waals surface area (Å²) in [5.74, 6) is 0.0289. The number of ketones is 1. The van der Waals surface area contributed by atoms with Crippen molar-refractivity contribution in [3.05, 3.63) is 46.5 Å². The number of aryl methyl sites for hydroxylation is 2. The Labute approximate surface area is 113 Å². The second kappa shape index (κ2) is 4.55. The minimum absolute atomic E-state index is 0.0289. The van der Waals surface area contributed by atoms with Crippen LogP contribution in [0.5, 0.6) is 0 Å². The van der Waals surface area contributed by atoms with E-state index < -0.39 is 0 Å². The van der Waals surface area contributed by atoms with E-state index in [1.807, 2.05) is 29.1 Å². The second-order valence-electron chi connectivity index (χ2n) is 4.41. The van der Waals surface area contributed by atoms with E-state index in [0.29, 0.717) is 17.7 Å². The van der Waals surface area contributed by atoms with Gasteiger partial charge in [0.15, 0.2) is 10.7 Å².